The maximum absolute atomic E-state index is 13.0. The van der Waals surface area contributed by atoms with Crippen molar-refractivity contribution < 1.29 is 13.2 Å². The molecule has 3 aromatic rings. The first-order chi connectivity index (χ1) is 15.7. The van der Waals surface area contributed by atoms with Crippen molar-refractivity contribution in [3.8, 4) is 0 Å². The summed E-state index contributed by atoms with van der Waals surface area (Å²) < 4.78 is 27.5. The van der Waals surface area contributed by atoms with Crippen molar-refractivity contribution in [1.29, 1.82) is 0 Å². The maximum Gasteiger partial charge on any atom is 0.271 e. The minimum atomic E-state index is -3.61. The highest BCUT2D eigenvalue weighted by atomic mass is 32.2. The molecule has 33 heavy (non-hydrogen) atoms. The minimum Gasteiger partial charge on any atom is -0.353 e. The van der Waals surface area contributed by atoms with Gasteiger partial charge >= 0.3 is 0 Å². The summed E-state index contributed by atoms with van der Waals surface area (Å²) in [5, 5.41) is 1.71. The standard InChI is InChI=1S/C23H27N5O3S2/c1-16(2)22-24-17(3)15-20(25-22)27-10-12-28(13-11-27)23(29)18-6-8-19(9-7-18)26-33(30,31)21-5-4-14-32-21/h4-9,14-16,26H,10-13H2,1-3H3. The molecule has 3 heterocycles. The molecule has 0 spiro atoms. The van der Waals surface area contributed by atoms with E-state index in [0.717, 1.165) is 28.7 Å². The van der Waals surface area contributed by atoms with Crippen molar-refractivity contribution in [2.45, 2.75) is 30.9 Å². The number of nitrogens with one attached hydrogen (secondary N) is 1. The second-order valence-corrected chi connectivity index (χ2v) is 11.1. The maximum atomic E-state index is 13.0. The molecule has 1 aliphatic rings. The number of nitrogens with zero attached hydrogens (tertiary/aromatic N) is 4. The lowest BCUT2D eigenvalue weighted by Gasteiger charge is -2.35. The van der Waals surface area contributed by atoms with Crippen molar-refractivity contribution in [3.63, 3.8) is 0 Å². The van der Waals surface area contributed by atoms with E-state index in [1.165, 1.54) is 0 Å². The zero-order valence-corrected chi connectivity index (χ0v) is 20.5. The Morgan fingerprint density at radius 2 is 1.76 bits per heavy atom. The van der Waals surface area contributed by atoms with Crippen LogP contribution in [0, 0.1) is 6.92 Å². The lowest BCUT2D eigenvalue weighted by molar-refractivity contribution is 0.0746. The second-order valence-electron chi connectivity index (χ2n) is 8.27. The molecule has 0 saturated carbocycles. The summed E-state index contributed by atoms with van der Waals surface area (Å²) in [4.78, 5) is 26.2. The van der Waals surface area contributed by atoms with E-state index in [1.54, 1.807) is 41.8 Å². The molecule has 0 atom stereocenters. The van der Waals surface area contributed by atoms with E-state index >= 15 is 0 Å². The lowest BCUT2D eigenvalue weighted by atomic mass is 10.1. The highest BCUT2D eigenvalue weighted by molar-refractivity contribution is 7.94. The highest BCUT2D eigenvalue weighted by Crippen LogP contribution is 2.22. The largest absolute Gasteiger partial charge is 0.353 e. The fourth-order valence-electron chi connectivity index (χ4n) is 3.62. The van der Waals surface area contributed by atoms with Crippen LogP contribution in [0.25, 0.3) is 0 Å². The van der Waals surface area contributed by atoms with Crippen LogP contribution in [-0.2, 0) is 10.0 Å². The molecule has 0 unspecified atom stereocenters. The third kappa shape index (κ3) is 5.33. The van der Waals surface area contributed by atoms with E-state index in [1.807, 2.05) is 17.9 Å². The van der Waals surface area contributed by atoms with Gasteiger partial charge in [0.25, 0.3) is 15.9 Å². The number of sulfonamides is 1. The lowest BCUT2D eigenvalue weighted by Crippen LogP contribution is -2.49. The average molecular weight is 486 g/mol. The summed E-state index contributed by atoms with van der Waals surface area (Å²) in [6, 6.07) is 11.8. The summed E-state index contributed by atoms with van der Waals surface area (Å²) >= 11 is 1.15. The van der Waals surface area contributed by atoms with Gasteiger partial charge in [0.15, 0.2) is 0 Å². The monoisotopic (exact) mass is 485 g/mol. The van der Waals surface area contributed by atoms with Gasteiger partial charge in [0, 0.05) is 55.1 Å². The molecule has 0 bridgehead atoms. The fourth-order valence-corrected chi connectivity index (χ4v) is 5.67. The summed E-state index contributed by atoms with van der Waals surface area (Å²) in [6.07, 6.45) is 0. The van der Waals surface area contributed by atoms with Gasteiger partial charge in [0.05, 0.1) is 0 Å². The Hall–Kier alpha value is -2.98. The predicted molar refractivity (Wildman–Crippen MR) is 131 cm³/mol. The van der Waals surface area contributed by atoms with Crippen molar-refractivity contribution >= 4 is 38.8 Å². The van der Waals surface area contributed by atoms with Gasteiger partial charge in [-0.3, -0.25) is 9.52 Å². The van der Waals surface area contributed by atoms with Gasteiger partial charge in [0.1, 0.15) is 15.9 Å². The van der Waals surface area contributed by atoms with Crippen molar-refractivity contribution in [1.82, 2.24) is 14.9 Å². The Morgan fingerprint density at radius 3 is 2.36 bits per heavy atom. The summed E-state index contributed by atoms with van der Waals surface area (Å²) in [5.74, 6) is 1.92. The Labute approximate surface area is 198 Å². The van der Waals surface area contributed by atoms with Gasteiger partial charge in [0.2, 0.25) is 0 Å². The van der Waals surface area contributed by atoms with Gasteiger partial charge in [-0.2, -0.15) is 0 Å². The molecule has 1 saturated heterocycles. The number of aryl methyl sites for hydroxylation is 1. The van der Waals surface area contributed by atoms with Gasteiger partial charge in [-0.1, -0.05) is 19.9 Å². The Kier molecular flexibility index (Phi) is 6.66. The number of thiophene rings is 1. The van der Waals surface area contributed by atoms with Gasteiger partial charge in [-0.15, -0.1) is 11.3 Å². The summed E-state index contributed by atoms with van der Waals surface area (Å²) in [5.41, 5.74) is 1.89. The average Bonchev–Trinajstić information content (AvgIpc) is 3.35. The van der Waals surface area contributed by atoms with Crippen LogP contribution < -0.4 is 9.62 Å². The molecule has 0 radical (unpaired) electrons. The van der Waals surface area contributed by atoms with Crippen LogP contribution in [0.2, 0.25) is 0 Å². The van der Waals surface area contributed by atoms with E-state index in [9.17, 15) is 13.2 Å². The molecule has 10 heteroatoms. The molecule has 1 aliphatic heterocycles. The van der Waals surface area contributed by atoms with Crippen LogP contribution in [-0.4, -0.2) is 55.4 Å². The van der Waals surface area contributed by atoms with Gasteiger partial charge in [-0.05, 0) is 42.6 Å². The van der Waals surface area contributed by atoms with E-state index in [0.29, 0.717) is 37.4 Å². The molecule has 1 amide bonds. The van der Waals surface area contributed by atoms with E-state index in [-0.39, 0.29) is 16.0 Å². The van der Waals surface area contributed by atoms with Crippen LogP contribution in [0.15, 0.2) is 52.1 Å². The number of amides is 1. The quantitative estimate of drug-likeness (QED) is 0.572. The molecule has 0 aliphatic carbocycles. The summed E-state index contributed by atoms with van der Waals surface area (Å²) in [6.45, 7) is 8.69. The number of hydrogen-bond acceptors (Lipinski definition) is 7. The predicted octanol–water partition coefficient (Wildman–Crippen LogP) is 3.73. The number of carbonyl (C=O) groups excluding carboxylic acids is 1. The van der Waals surface area contributed by atoms with Crippen LogP contribution in [0.5, 0.6) is 0 Å². The first-order valence-corrected chi connectivity index (χ1v) is 13.2. The molecule has 2 aromatic heterocycles. The number of aromatic nitrogens is 2. The molecule has 1 fully saturated rings. The van der Waals surface area contributed by atoms with Gasteiger partial charge in [-0.25, -0.2) is 18.4 Å². The minimum absolute atomic E-state index is 0.0657. The van der Waals surface area contributed by atoms with Crippen molar-refractivity contribution in [2.75, 3.05) is 35.8 Å². The first-order valence-electron chi connectivity index (χ1n) is 10.8. The Morgan fingerprint density at radius 1 is 1.06 bits per heavy atom. The normalized spacial score (nSPS) is 14.5. The molecule has 174 valence electrons. The number of carbonyl (C=O) groups is 1. The van der Waals surface area contributed by atoms with E-state index < -0.39 is 10.0 Å². The van der Waals surface area contributed by atoms with Gasteiger partial charge < -0.3 is 9.80 Å². The molecular formula is C23H27N5O3S2. The highest BCUT2D eigenvalue weighted by Gasteiger charge is 2.24. The van der Waals surface area contributed by atoms with Crippen LogP contribution >= 0.6 is 11.3 Å². The molecule has 1 N–H and O–H groups in total. The van der Waals surface area contributed by atoms with Crippen molar-refractivity contribution in [3.05, 3.63) is 64.9 Å². The van der Waals surface area contributed by atoms with Crippen molar-refractivity contribution in [2.24, 2.45) is 0 Å². The molecule has 4 rings (SSSR count). The van der Waals surface area contributed by atoms with Crippen LogP contribution in [0.1, 0.15) is 41.6 Å². The topological polar surface area (TPSA) is 95.5 Å². The zero-order chi connectivity index (χ0) is 23.6. The number of anilines is 2. The SMILES string of the molecule is Cc1cc(N2CCN(C(=O)c3ccc(NS(=O)(=O)c4cccs4)cc3)CC2)nc(C(C)C)n1. The number of rotatable bonds is 6. The first kappa shape index (κ1) is 23.2. The van der Waals surface area contributed by atoms with Crippen LogP contribution in [0.4, 0.5) is 11.5 Å². The second kappa shape index (κ2) is 9.48. The number of piperazine rings is 1. The zero-order valence-electron chi connectivity index (χ0n) is 18.9. The summed E-state index contributed by atoms with van der Waals surface area (Å²) in [7, 11) is -3.61. The Balaban J connectivity index is 1.38. The van der Waals surface area contributed by atoms with Crippen LogP contribution in [0.3, 0.4) is 0 Å². The third-order valence-electron chi connectivity index (χ3n) is 5.41. The third-order valence-corrected chi connectivity index (χ3v) is 8.19. The van der Waals surface area contributed by atoms with E-state index in [4.69, 9.17) is 4.98 Å². The molecule has 8 nitrogen and oxygen atoms in total. The van der Waals surface area contributed by atoms with E-state index in [2.05, 4.69) is 28.5 Å². The smallest absolute Gasteiger partial charge is 0.271 e. The molecular weight excluding hydrogens is 458 g/mol. The molecule has 1 aromatic carbocycles. The number of benzene rings is 1. The fraction of sp³-hybridized carbons (Fsp3) is 0.348. The number of hydrogen-bond donors (Lipinski definition) is 1. The Bertz CT molecular complexity index is 1220.